The van der Waals surface area contributed by atoms with Gasteiger partial charge in [0.15, 0.2) is 0 Å². The average molecular weight is 247 g/mol. The van der Waals surface area contributed by atoms with Gasteiger partial charge in [0.2, 0.25) is 0 Å². The zero-order valence-electron chi connectivity index (χ0n) is 10.6. The maximum absolute atomic E-state index is 10.7. The van der Waals surface area contributed by atoms with Crippen LogP contribution in [-0.2, 0) is 6.54 Å². The molecule has 0 aromatic carbocycles. The number of carboxylic acids is 1. The number of H-pyrrole nitrogens is 1. The molecule has 2 aromatic heterocycles. The van der Waals surface area contributed by atoms with Gasteiger partial charge in [0.05, 0.1) is 23.1 Å². The molecule has 2 heterocycles. The summed E-state index contributed by atoms with van der Waals surface area (Å²) in [5.74, 6) is -1.26. The van der Waals surface area contributed by atoms with E-state index in [0.29, 0.717) is 5.69 Å². The van der Waals surface area contributed by atoms with Gasteiger partial charge in [0, 0.05) is 17.8 Å². The van der Waals surface area contributed by atoms with Crippen LogP contribution >= 0.6 is 0 Å². The topological polar surface area (TPSA) is 86.6 Å². The van der Waals surface area contributed by atoms with E-state index in [1.54, 1.807) is 0 Å². The smallest absolute Gasteiger partial charge is 0.0964 e. The molecule has 6 nitrogen and oxygen atoms in total. The molecule has 0 aliphatic heterocycles. The minimum atomic E-state index is -1.26. The van der Waals surface area contributed by atoms with Gasteiger partial charge in [-0.25, -0.2) is 0 Å². The summed E-state index contributed by atoms with van der Waals surface area (Å²) < 4.78 is 1.91. The van der Waals surface area contributed by atoms with Crippen LogP contribution in [0.1, 0.15) is 35.2 Å². The first-order valence-corrected chi connectivity index (χ1v) is 5.85. The molecule has 0 saturated carbocycles. The zero-order chi connectivity index (χ0) is 13.3. The fraction of sp³-hybridized carbons (Fsp3) is 0.417. The first-order chi connectivity index (χ1) is 8.54. The third kappa shape index (κ3) is 2.01. The fourth-order valence-electron chi connectivity index (χ4n) is 2.05. The van der Waals surface area contributed by atoms with Crippen LogP contribution in [0.15, 0.2) is 6.07 Å². The highest BCUT2D eigenvalue weighted by Gasteiger charge is 2.15. The predicted octanol–water partition coefficient (Wildman–Crippen LogP) is 0.664. The standard InChI is InChI=1S/C12H16N4O2/c1-4-5-16-8(3)11(7(2)15-16)9-6-10(12(17)18)14-13-9/h6H,4-5H2,1-3H3,(H,13,14)(H,17,18)/p-1. The molecule has 0 aliphatic carbocycles. The lowest BCUT2D eigenvalue weighted by Gasteiger charge is -2.01. The number of aromatic nitrogens is 4. The molecule has 0 bridgehead atoms. The Balaban J connectivity index is 2.46. The monoisotopic (exact) mass is 247 g/mol. The van der Waals surface area contributed by atoms with E-state index >= 15 is 0 Å². The first-order valence-electron chi connectivity index (χ1n) is 5.85. The SMILES string of the molecule is CCCn1nc(C)c(-c2cc(C(=O)[O-])[nH]n2)c1C. The number of nitrogens with one attached hydrogen (secondary N) is 1. The Morgan fingerprint density at radius 3 is 2.78 bits per heavy atom. The number of carbonyl (C=O) groups is 1. The van der Waals surface area contributed by atoms with Crippen LogP contribution in [-0.4, -0.2) is 25.9 Å². The summed E-state index contributed by atoms with van der Waals surface area (Å²) in [7, 11) is 0. The molecule has 0 atom stereocenters. The van der Waals surface area contributed by atoms with Crippen LogP contribution in [0.5, 0.6) is 0 Å². The Hall–Kier alpha value is -2.11. The van der Waals surface area contributed by atoms with Gasteiger partial charge in [0.1, 0.15) is 0 Å². The van der Waals surface area contributed by atoms with E-state index in [0.717, 1.165) is 29.9 Å². The zero-order valence-corrected chi connectivity index (χ0v) is 10.6. The van der Waals surface area contributed by atoms with Crippen molar-refractivity contribution in [3.05, 3.63) is 23.1 Å². The van der Waals surface area contributed by atoms with E-state index in [-0.39, 0.29) is 5.69 Å². The fourth-order valence-corrected chi connectivity index (χ4v) is 2.05. The van der Waals surface area contributed by atoms with Crippen molar-refractivity contribution in [2.24, 2.45) is 0 Å². The highest BCUT2D eigenvalue weighted by molar-refractivity contribution is 5.85. The van der Waals surface area contributed by atoms with E-state index < -0.39 is 5.97 Å². The van der Waals surface area contributed by atoms with Crippen molar-refractivity contribution in [1.29, 1.82) is 0 Å². The van der Waals surface area contributed by atoms with Crippen molar-refractivity contribution in [2.45, 2.75) is 33.7 Å². The van der Waals surface area contributed by atoms with Crippen LogP contribution in [0.25, 0.3) is 11.3 Å². The van der Waals surface area contributed by atoms with E-state index in [4.69, 9.17) is 0 Å². The van der Waals surface area contributed by atoms with E-state index in [1.807, 2.05) is 18.5 Å². The Morgan fingerprint density at radius 2 is 2.22 bits per heavy atom. The minimum Gasteiger partial charge on any atom is -0.543 e. The van der Waals surface area contributed by atoms with Crippen molar-refractivity contribution in [1.82, 2.24) is 20.0 Å². The molecule has 2 aromatic rings. The van der Waals surface area contributed by atoms with Gasteiger partial charge < -0.3 is 9.90 Å². The molecule has 0 amide bonds. The molecular formula is C12H15N4O2-. The molecule has 96 valence electrons. The number of aromatic carboxylic acids is 1. The number of aryl methyl sites for hydroxylation is 2. The summed E-state index contributed by atoms with van der Waals surface area (Å²) in [6.07, 6.45) is 0.992. The molecule has 6 heteroatoms. The first kappa shape index (κ1) is 12.3. The Morgan fingerprint density at radius 1 is 1.50 bits per heavy atom. The second kappa shape index (κ2) is 4.64. The lowest BCUT2D eigenvalue weighted by Crippen LogP contribution is -2.22. The predicted molar refractivity (Wildman–Crippen MR) is 63.9 cm³/mol. The summed E-state index contributed by atoms with van der Waals surface area (Å²) in [4.78, 5) is 10.7. The maximum Gasteiger partial charge on any atom is 0.0964 e. The van der Waals surface area contributed by atoms with Crippen LogP contribution < -0.4 is 5.11 Å². The molecule has 0 aliphatic rings. The van der Waals surface area contributed by atoms with Gasteiger partial charge in [-0.15, -0.1) is 0 Å². The van der Waals surface area contributed by atoms with Crippen molar-refractivity contribution in [3.63, 3.8) is 0 Å². The summed E-state index contributed by atoms with van der Waals surface area (Å²) >= 11 is 0. The molecule has 18 heavy (non-hydrogen) atoms. The number of aromatic amines is 1. The lowest BCUT2D eigenvalue weighted by molar-refractivity contribution is -0.255. The van der Waals surface area contributed by atoms with Gasteiger partial charge in [-0.2, -0.15) is 10.2 Å². The summed E-state index contributed by atoms with van der Waals surface area (Å²) in [5.41, 5.74) is 3.29. The maximum atomic E-state index is 10.7. The quantitative estimate of drug-likeness (QED) is 0.860. The van der Waals surface area contributed by atoms with Crippen LogP contribution in [0.4, 0.5) is 0 Å². The van der Waals surface area contributed by atoms with Crippen molar-refractivity contribution in [3.8, 4) is 11.3 Å². The Bertz CT molecular complexity index is 583. The molecule has 0 spiro atoms. The van der Waals surface area contributed by atoms with Gasteiger partial charge >= 0.3 is 0 Å². The molecule has 0 radical (unpaired) electrons. The number of hydrogen-bond acceptors (Lipinski definition) is 4. The van der Waals surface area contributed by atoms with Crippen LogP contribution in [0, 0.1) is 13.8 Å². The number of carboxylic acid groups (broad SMARTS) is 1. The second-order valence-corrected chi connectivity index (χ2v) is 4.22. The van der Waals surface area contributed by atoms with Gasteiger partial charge in [0.25, 0.3) is 0 Å². The molecule has 0 unspecified atom stereocenters. The molecule has 0 fully saturated rings. The van der Waals surface area contributed by atoms with Crippen molar-refractivity contribution in [2.75, 3.05) is 0 Å². The highest BCUT2D eigenvalue weighted by Crippen LogP contribution is 2.25. The van der Waals surface area contributed by atoms with Crippen molar-refractivity contribution < 1.29 is 9.90 Å². The van der Waals surface area contributed by atoms with E-state index in [2.05, 4.69) is 22.2 Å². The number of rotatable bonds is 4. The molecule has 2 rings (SSSR count). The third-order valence-electron chi connectivity index (χ3n) is 2.87. The largest absolute Gasteiger partial charge is 0.543 e. The number of nitrogens with zero attached hydrogens (tertiary/aromatic N) is 3. The minimum absolute atomic E-state index is 0.0213. The number of hydrogen-bond donors (Lipinski definition) is 1. The second-order valence-electron chi connectivity index (χ2n) is 4.22. The normalized spacial score (nSPS) is 10.8. The molecule has 1 N–H and O–H groups in total. The summed E-state index contributed by atoms with van der Waals surface area (Å²) in [6, 6.07) is 1.47. The van der Waals surface area contributed by atoms with Gasteiger partial charge in [-0.3, -0.25) is 9.78 Å². The van der Waals surface area contributed by atoms with Gasteiger partial charge in [-0.1, -0.05) is 6.92 Å². The molecular weight excluding hydrogens is 232 g/mol. The van der Waals surface area contributed by atoms with Crippen LogP contribution in [0.2, 0.25) is 0 Å². The summed E-state index contributed by atoms with van der Waals surface area (Å²) in [6.45, 7) is 6.77. The lowest BCUT2D eigenvalue weighted by atomic mass is 10.1. The Kier molecular flexibility index (Phi) is 3.18. The van der Waals surface area contributed by atoms with E-state index in [9.17, 15) is 9.90 Å². The molecule has 0 saturated heterocycles. The van der Waals surface area contributed by atoms with Crippen LogP contribution in [0.3, 0.4) is 0 Å². The summed E-state index contributed by atoms with van der Waals surface area (Å²) in [5, 5.41) is 21.6. The number of carbonyl (C=O) groups excluding carboxylic acids is 1. The third-order valence-corrected chi connectivity index (χ3v) is 2.87. The Labute approximate surface area is 105 Å². The van der Waals surface area contributed by atoms with Gasteiger partial charge in [-0.05, 0) is 26.3 Å². The van der Waals surface area contributed by atoms with E-state index in [1.165, 1.54) is 6.07 Å². The highest BCUT2D eigenvalue weighted by atomic mass is 16.4. The average Bonchev–Trinajstić information content (AvgIpc) is 2.86. The van der Waals surface area contributed by atoms with Crippen molar-refractivity contribution >= 4 is 5.97 Å².